The molecule has 6 aromatic carbocycles. The third-order valence-electron chi connectivity index (χ3n) is 15.4. The van der Waals surface area contributed by atoms with Crippen LogP contribution in [0.5, 0.6) is 34.9 Å². The number of aliphatic hydroxyl groups is 1. The summed E-state index contributed by atoms with van der Waals surface area (Å²) in [7, 11) is 0. The average Bonchev–Trinajstić information content (AvgIpc) is 1.53. The van der Waals surface area contributed by atoms with Crippen LogP contribution in [0.15, 0.2) is 182 Å². The lowest BCUT2D eigenvalue weighted by molar-refractivity contribution is -0.145. The van der Waals surface area contributed by atoms with E-state index in [0.717, 1.165) is 118 Å². The molecule has 3 aromatic heterocycles. The molecule has 6 heterocycles. The summed E-state index contributed by atoms with van der Waals surface area (Å²) in [5.74, 6) is 3.11. The normalized spacial score (nSPS) is 15.9. The van der Waals surface area contributed by atoms with Gasteiger partial charge in [0.2, 0.25) is 17.6 Å². The molecule has 3 aliphatic heterocycles. The van der Waals surface area contributed by atoms with Crippen LogP contribution in [-0.4, -0.2) is 115 Å². The fourth-order valence-electron chi connectivity index (χ4n) is 10.9. The Kier molecular flexibility index (Phi) is 22.2. The monoisotopic (exact) mass is 1270 g/mol. The van der Waals surface area contributed by atoms with Crippen LogP contribution in [0.3, 0.4) is 0 Å². The fourth-order valence-corrected chi connectivity index (χ4v) is 11.6. The number of phenolic OH excluding ortho intramolecular Hbond substituents is 1. The number of benzene rings is 6. The zero-order valence-corrected chi connectivity index (χ0v) is 53.1. The Bertz CT molecular complexity index is 3830. The van der Waals surface area contributed by atoms with Gasteiger partial charge in [-0.1, -0.05) is 126 Å². The minimum absolute atomic E-state index is 0.0151. The van der Waals surface area contributed by atoms with Crippen LogP contribution in [0.2, 0.25) is 15.1 Å². The van der Waals surface area contributed by atoms with Gasteiger partial charge < -0.3 is 53.3 Å². The number of nitrogens with zero attached hydrogens (tertiary/aromatic N) is 6. The van der Waals surface area contributed by atoms with Gasteiger partial charge in [-0.2, -0.15) is 0 Å². The topological polar surface area (TPSA) is 161 Å². The molecule has 2 N–H and O–H groups in total. The summed E-state index contributed by atoms with van der Waals surface area (Å²) in [5, 5.41) is 21.8. The zero-order chi connectivity index (χ0) is 62.9. The predicted molar refractivity (Wildman–Crippen MR) is 358 cm³/mol. The first kappa shape index (κ1) is 64.3. The molecule has 0 unspecified atom stereocenters. The van der Waals surface area contributed by atoms with E-state index < -0.39 is 5.97 Å². The zero-order valence-electron chi connectivity index (χ0n) is 50.8. The molecule has 3 atom stereocenters. The van der Waals surface area contributed by atoms with Gasteiger partial charge >= 0.3 is 5.97 Å². The van der Waals surface area contributed by atoms with Gasteiger partial charge in [0.25, 0.3) is 0 Å². The Balaban J connectivity index is 0.000000149. The number of aliphatic hydroxyl groups excluding tert-OH is 1. The molecule has 0 amide bonds. The van der Waals surface area contributed by atoms with E-state index in [4.69, 9.17) is 63.2 Å². The lowest BCUT2D eigenvalue weighted by Gasteiger charge is -2.23. The van der Waals surface area contributed by atoms with E-state index in [1.54, 1.807) is 25.4 Å². The highest BCUT2D eigenvalue weighted by Crippen LogP contribution is 2.41. The number of anilines is 3. The highest BCUT2D eigenvalue weighted by molar-refractivity contribution is 6.34. The van der Waals surface area contributed by atoms with Gasteiger partial charge in [0.1, 0.15) is 42.2 Å². The van der Waals surface area contributed by atoms with Crippen LogP contribution in [-0.2, 0) is 9.53 Å². The van der Waals surface area contributed by atoms with Gasteiger partial charge in [-0.25, -0.2) is 19.7 Å². The number of aromatic nitrogens is 3. The number of hydrogen-bond acceptors (Lipinski definition) is 15. The van der Waals surface area contributed by atoms with Gasteiger partial charge in [-0.05, 0) is 116 Å². The van der Waals surface area contributed by atoms with Gasteiger partial charge in [0, 0.05) is 107 Å². The summed E-state index contributed by atoms with van der Waals surface area (Å²) in [6.07, 6.45) is 8.22. The lowest BCUT2D eigenvalue weighted by Crippen LogP contribution is -2.25. The SMILES string of the molecule is CCOC(=O)COc1cc(-c2ccccc2Cl)ccc1N1CC[C@H](Oc2ccc(C)cn2)C1.Cc1ccc(O[C@H]2CCN(c3ccc(-c4ccccc4Cl)cc3O)C2)nc1.Cc1ccc(O[C@H]2CCN(c3ccc(-c4ccccc4Cl)cc3OCCO)C2)nc1. The van der Waals surface area contributed by atoms with E-state index in [-0.39, 0.29) is 43.9 Å². The summed E-state index contributed by atoms with van der Waals surface area (Å²) in [6.45, 7) is 12.8. The number of esters is 1. The van der Waals surface area contributed by atoms with Crippen molar-refractivity contribution in [3.8, 4) is 68.3 Å². The van der Waals surface area contributed by atoms with Gasteiger partial charge in [0.05, 0.1) is 49.9 Å². The Morgan fingerprint density at radius 2 is 0.878 bits per heavy atom. The summed E-state index contributed by atoms with van der Waals surface area (Å²) in [5.41, 5.74) is 11.6. The Labute approximate surface area is 541 Å². The number of rotatable bonds is 19. The van der Waals surface area contributed by atoms with E-state index in [0.29, 0.717) is 58.2 Å². The molecule has 3 saturated heterocycles. The van der Waals surface area contributed by atoms with Crippen molar-refractivity contribution in [1.82, 2.24) is 15.0 Å². The van der Waals surface area contributed by atoms with Crippen molar-refractivity contribution >= 4 is 57.8 Å². The second kappa shape index (κ2) is 31.1. The number of phenols is 1. The molecule has 15 nitrogen and oxygen atoms in total. The number of pyridine rings is 3. The molecular formula is C72H73Cl3N6O9. The average molecular weight is 1270 g/mol. The molecule has 0 bridgehead atoms. The van der Waals surface area contributed by atoms with Crippen LogP contribution in [0, 0.1) is 20.8 Å². The largest absolute Gasteiger partial charge is 0.506 e. The second-order valence-corrected chi connectivity index (χ2v) is 23.3. The molecule has 90 heavy (non-hydrogen) atoms. The molecule has 12 rings (SSSR count). The maximum Gasteiger partial charge on any atom is 0.344 e. The highest BCUT2D eigenvalue weighted by atomic mass is 35.5. The number of carbonyl (C=O) groups excluding carboxylic acids is 1. The fraction of sp³-hybridized carbons (Fsp3) is 0.278. The van der Waals surface area contributed by atoms with Crippen molar-refractivity contribution in [1.29, 1.82) is 0 Å². The van der Waals surface area contributed by atoms with Crippen LogP contribution >= 0.6 is 34.8 Å². The minimum atomic E-state index is -0.403. The summed E-state index contributed by atoms with van der Waals surface area (Å²) in [4.78, 5) is 31.5. The lowest BCUT2D eigenvalue weighted by atomic mass is 10.0. The smallest absolute Gasteiger partial charge is 0.344 e. The Morgan fingerprint density at radius 1 is 0.500 bits per heavy atom. The van der Waals surface area contributed by atoms with Crippen LogP contribution in [0.4, 0.5) is 17.1 Å². The van der Waals surface area contributed by atoms with Crippen molar-refractivity contribution in [2.24, 2.45) is 0 Å². The quantitative estimate of drug-likeness (QED) is 0.0735. The minimum Gasteiger partial charge on any atom is -0.506 e. The molecule has 0 spiro atoms. The number of hydrogen-bond donors (Lipinski definition) is 2. The molecule has 0 saturated carbocycles. The molecular weight excluding hydrogens is 1200 g/mol. The van der Waals surface area contributed by atoms with E-state index in [1.165, 1.54) is 0 Å². The van der Waals surface area contributed by atoms with Crippen molar-refractivity contribution in [3.63, 3.8) is 0 Å². The van der Waals surface area contributed by atoms with Crippen LogP contribution in [0.25, 0.3) is 33.4 Å². The standard InChI is InChI=1S/C26H27ClN2O4.C24H25ClN2O3.C22H21ClN2O2/c1-3-31-26(30)17-32-24-14-19(21-6-4-5-7-22(21)27)9-10-23(24)29-13-12-20(16-29)33-25-11-8-18(2)15-28-25;1-17-6-9-24(26-15-17)30-19-10-11-27(16-19)22-8-7-18(14-23(22)29-13-12-28)20-4-2-3-5-21(20)25;1-15-6-9-22(24-13-15)27-17-10-11-25(14-17)20-8-7-16(12-21(20)26)18-4-2-3-5-19(18)23/h4-11,14-15,20H,3,12-13,16-17H2,1-2H3;2-9,14-15,19,28H,10-13,16H2,1H3;2-9,12-13,17,26H,10-11,14H2,1H3/t20-;19-;17-/m000/s1. The molecule has 3 fully saturated rings. The molecule has 9 aromatic rings. The Hall–Kier alpha value is -8.73. The van der Waals surface area contributed by atoms with Crippen molar-refractivity contribution in [3.05, 3.63) is 214 Å². The number of aromatic hydroxyl groups is 1. The maximum atomic E-state index is 11.9. The van der Waals surface area contributed by atoms with Gasteiger partial charge in [-0.3, -0.25) is 0 Å². The number of halogens is 3. The molecule has 0 radical (unpaired) electrons. The van der Waals surface area contributed by atoms with Crippen LogP contribution < -0.4 is 38.4 Å². The van der Waals surface area contributed by atoms with Crippen molar-refractivity contribution in [2.45, 2.75) is 65.3 Å². The van der Waals surface area contributed by atoms with E-state index in [1.807, 2.05) is 173 Å². The molecule has 18 heteroatoms. The summed E-state index contributed by atoms with van der Waals surface area (Å²) < 4.78 is 34.9. The van der Waals surface area contributed by atoms with Crippen molar-refractivity contribution < 1.29 is 43.4 Å². The number of aryl methyl sites for hydroxylation is 3. The van der Waals surface area contributed by atoms with Gasteiger partial charge in [-0.15, -0.1) is 0 Å². The van der Waals surface area contributed by atoms with Crippen molar-refractivity contribution in [2.75, 3.05) is 80.4 Å². The first-order chi connectivity index (χ1) is 43.8. The third kappa shape index (κ3) is 17.2. The Morgan fingerprint density at radius 3 is 1.24 bits per heavy atom. The molecule has 3 aliphatic rings. The first-order valence-electron chi connectivity index (χ1n) is 30.2. The van der Waals surface area contributed by atoms with E-state index in [9.17, 15) is 15.0 Å². The molecule has 466 valence electrons. The number of carbonyl (C=O) groups is 1. The molecule has 0 aliphatic carbocycles. The van der Waals surface area contributed by atoms with Gasteiger partial charge in [0.15, 0.2) is 6.61 Å². The summed E-state index contributed by atoms with van der Waals surface area (Å²) in [6, 6.07) is 52.5. The van der Waals surface area contributed by atoms with E-state index in [2.05, 4.69) is 41.8 Å². The highest BCUT2D eigenvalue weighted by Gasteiger charge is 2.30. The second-order valence-electron chi connectivity index (χ2n) is 22.1. The maximum absolute atomic E-state index is 11.9. The van der Waals surface area contributed by atoms with Crippen LogP contribution in [0.1, 0.15) is 42.9 Å². The summed E-state index contributed by atoms with van der Waals surface area (Å²) >= 11 is 19.0. The van der Waals surface area contributed by atoms with E-state index >= 15 is 0 Å². The predicted octanol–water partition coefficient (Wildman–Crippen LogP) is 15.1. The third-order valence-corrected chi connectivity index (χ3v) is 16.4. The number of ether oxygens (including phenoxy) is 6. The first-order valence-corrected chi connectivity index (χ1v) is 31.3.